The van der Waals surface area contributed by atoms with Crippen LogP contribution in [-0.2, 0) is 16.0 Å². The van der Waals surface area contributed by atoms with Crippen LogP contribution < -0.4 is 10.6 Å². The molecule has 0 bridgehead atoms. The summed E-state index contributed by atoms with van der Waals surface area (Å²) in [4.78, 5) is 28.2. The van der Waals surface area contributed by atoms with E-state index < -0.39 is 12.0 Å². The number of allylic oxidation sites excluding steroid dienone is 1. The lowest BCUT2D eigenvalue weighted by atomic mass is 9.82. The maximum absolute atomic E-state index is 11.5. The van der Waals surface area contributed by atoms with Gasteiger partial charge in [-0.05, 0) is 55.2 Å². The summed E-state index contributed by atoms with van der Waals surface area (Å²) in [6.45, 7) is 6.46. The molecule has 1 unspecified atom stereocenters. The van der Waals surface area contributed by atoms with E-state index >= 15 is 0 Å². The Morgan fingerprint density at radius 2 is 1.91 bits per heavy atom. The fourth-order valence-corrected chi connectivity index (χ4v) is 6.35. The van der Waals surface area contributed by atoms with E-state index in [9.17, 15) is 4.79 Å². The maximum atomic E-state index is 11.5. The van der Waals surface area contributed by atoms with Crippen molar-refractivity contribution >= 4 is 40.7 Å². The largest absolute Gasteiger partial charge is 0.411 e. The zero-order valence-electron chi connectivity index (χ0n) is 23.8. The van der Waals surface area contributed by atoms with Crippen molar-refractivity contribution in [3.05, 3.63) is 83.7 Å². The van der Waals surface area contributed by atoms with E-state index in [1.165, 1.54) is 0 Å². The van der Waals surface area contributed by atoms with Crippen LogP contribution in [0.3, 0.4) is 0 Å². The zero-order valence-corrected chi connectivity index (χ0v) is 24.5. The monoisotopic (exact) mass is 599 g/mol. The second kappa shape index (κ2) is 12.5. The van der Waals surface area contributed by atoms with Gasteiger partial charge in [0.2, 0.25) is 11.8 Å². The number of halogens is 1. The molecular weight excluding hydrogens is 566 g/mol. The molecule has 3 heterocycles. The first kappa shape index (κ1) is 28.8. The van der Waals surface area contributed by atoms with Crippen LogP contribution in [0, 0.1) is 17.2 Å². The molecule has 1 amide bonds. The minimum absolute atomic E-state index is 0.0550. The lowest BCUT2D eigenvalue weighted by Gasteiger charge is -2.37. The van der Waals surface area contributed by atoms with Crippen LogP contribution in [0.25, 0.3) is 22.4 Å². The van der Waals surface area contributed by atoms with E-state index in [-0.39, 0.29) is 11.9 Å². The van der Waals surface area contributed by atoms with Gasteiger partial charge in [-0.15, -0.1) is 6.58 Å². The lowest BCUT2D eigenvalue weighted by Crippen LogP contribution is -2.41. The van der Waals surface area contributed by atoms with E-state index in [0.29, 0.717) is 48.0 Å². The molecule has 2 aliphatic rings. The summed E-state index contributed by atoms with van der Waals surface area (Å²) < 4.78 is 13.1. The summed E-state index contributed by atoms with van der Waals surface area (Å²) in [6.07, 6.45) is 5.31. The highest BCUT2D eigenvalue weighted by atomic mass is 35.5. The highest BCUT2D eigenvalue weighted by Crippen LogP contribution is 2.38. The smallest absolute Gasteiger partial charge is 0.388 e. The lowest BCUT2D eigenvalue weighted by molar-refractivity contribution is 0.0927. The number of primary amides is 1. The number of aromatic nitrogens is 4. The van der Waals surface area contributed by atoms with Crippen molar-refractivity contribution in [3.63, 3.8) is 0 Å². The average Bonchev–Trinajstić information content (AvgIpc) is 3.39. The minimum Gasteiger partial charge on any atom is -0.388 e. The average molecular weight is 600 g/mol. The molecule has 1 saturated carbocycles. The molecule has 0 radical (unpaired) electrons. The molecule has 10 nitrogen and oxygen atoms in total. The zero-order chi connectivity index (χ0) is 29.9. The SMILES string of the molecule is C=CC1CCC(Cn2c(N3CCOCC3c3ccccc3)nc3nc(C(=N)OC(N)=O)nc(-c4cccc(Cl)c4)c32)CC1. The highest BCUT2D eigenvalue weighted by Gasteiger charge is 2.32. The Morgan fingerprint density at radius 1 is 1.12 bits per heavy atom. The van der Waals surface area contributed by atoms with Crippen LogP contribution >= 0.6 is 11.6 Å². The molecule has 1 atom stereocenters. The van der Waals surface area contributed by atoms with Crippen LogP contribution in [0.1, 0.15) is 43.1 Å². The van der Waals surface area contributed by atoms with Crippen LogP contribution in [0.2, 0.25) is 5.02 Å². The van der Waals surface area contributed by atoms with Gasteiger partial charge in [0.15, 0.2) is 5.65 Å². The molecule has 0 spiro atoms. The molecule has 1 aliphatic heterocycles. The van der Waals surface area contributed by atoms with Crippen molar-refractivity contribution in [2.24, 2.45) is 17.6 Å². The maximum Gasteiger partial charge on any atom is 0.411 e. The molecule has 222 valence electrons. The fraction of sp³-hybridized carbons (Fsp3) is 0.344. The van der Waals surface area contributed by atoms with Gasteiger partial charge in [0.05, 0.1) is 19.3 Å². The molecule has 3 N–H and O–H groups in total. The van der Waals surface area contributed by atoms with Gasteiger partial charge < -0.3 is 24.7 Å². The summed E-state index contributed by atoms with van der Waals surface area (Å²) in [7, 11) is 0. The molecule has 2 aromatic carbocycles. The van der Waals surface area contributed by atoms with Crippen molar-refractivity contribution in [2.75, 3.05) is 24.7 Å². The Bertz CT molecular complexity index is 1650. The van der Waals surface area contributed by atoms with Gasteiger partial charge in [-0.1, -0.05) is 60.1 Å². The molecule has 4 aromatic rings. The third-order valence-corrected chi connectivity index (χ3v) is 8.56. The summed E-state index contributed by atoms with van der Waals surface area (Å²) in [6, 6.07) is 17.6. The second-order valence-corrected chi connectivity index (χ2v) is 11.5. The van der Waals surface area contributed by atoms with Crippen LogP contribution in [0.4, 0.5) is 10.7 Å². The molecule has 1 saturated heterocycles. The predicted octanol–water partition coefficient (Wildman–Crippen LogP) is 6.14. The fourth-order valence-electron chi connectivity index (χ4n) is 6.16. The van der Waals surface area contributed by atoms with Gasteiger partial charge in [-0.2, -0.15) is 4.98 Å². The standard InChI is InChI=1S/C32H34ClN7O3/c1-2-20-11-13-21(14-12-20)18-40-27-26(23-9-6-10-24(33)17-23)36-30(28(34)43-31(35)41)37-29(27)38-32(40)39-15-16-42-19-25(39)22-7-4-3-5-8-22/h2-10,17,20-21,25,34H,1,11-16,18-19H2,(H2,35,41). The first-order valence-corrected chi connectivity index (χ1v) is 14.9. The minimum atomic E-state index is -1.11. The normalized spacial score (nSPS) is 20.6. The van der Waals surface area contributed by atoms with Crippen LogP contribution in [0.5, 0.6) is 0 Å². The van der Waals surface area contributed by atoms with E-state index in [4.69, 9.17) is 42.2 Å². The number of rotatable bonds is 7. The Balaban J connectivity index is 1.55. The first-order valence-electron chi connectivity index (χ1n) is 14.5. The van der Waals surface area contributed by atoms with Gasteiger partial charge >= 0.3 is 6.09 Å². The Morgan fingerprint density at radius 3 is 2.63 bits per heavy atom. The highest BCUT2D eigenvalue weighted by molar-refractivity contribution is 6.30. The number of nitrogens with one attached hydrogen (secondary N) is 1. The van der Waals surface area contributed by atoms with E-state index in [1.807, 2.05) is 36.4 Å². The van der Waals surface area contributed by atoms with Crippen molar-refractivity contribution in [1.82, 2.24) is 19.5 Å². The number of anilines is 1. The number of hydrogen-bond acceptors (Lipinski definition) is 8. The van der Waals surface area contributed by atoms with E-state index in [0.717, 1.165) is 54.8 Å². The summed E-state index contributed by atoms with van der Waals surface area (Å²) in [5.41, 5.74) is 8.75. The van der Waals surface area contributed by atoms with Crippen molar-refractivity contribution < 1.29 is 14.3 Å². The van der Waals surface area contributed by atoms with Crippen molar-refractivity contribution in [3.8, 4) is 11.3 Å². The molecule has 43 heavy (non-hydrogen) atoms. The number of hydrogen-bond donors (Lipinski definition) is 2. The number of ether oxygens (including phenoxy) is 2. The molecule has 11 heteroatoms. The number of carbonyl (C=O) groups is 1. The first-order chi connectivity index (χ1) is 20.9. The quantitative estimate of drug-likeness (QED) is 0.148. The van der Waals surface area contributed by atoms with E-state index in [1.54, 1.807) is 6.07 Å². The van der Waals surface area contributed by atoms with Gasteiger partial charge in [0.1, 0.15) is 11.2 Å². The molecule has 2 fully saturated rings. The topological polar surface area (TPSA) is 132 Å². The van der Waals surface area contributed by atoms with Gasteiger partial charge in [-0.3, -0.25) is 5.41 Å². The Labute approximate surface area is 255 Å². The number of imidazole rings is 1. The van der Waals surface area contributed by atoms with Gasteiger partial charge in [0, 0.05) is 23.7 Å². The number of fused-ring (bicyclic) bond motifs is 1. The van der Waals surface area contributed by atoms with Gasteiger partial charge in [0.25, 0.3) is 5.90 Å². The molecule has 6 rings (SSSR count). The molecular formula is C32H34ClN7O3. The number of nitrogens with zero attached hydrogens (tertiary/aromatic N) is 5. The van der Waals surface area contributed by atoms with Crippen LogP contribution in [-0.4, -0.2) is 51.3 Å². The third kappa shape index (κ3) is 6.11. The number of amides is 1. The predicted molar refractivity (Wildman–Crippen MR) is 166 cm³/mol. The van der Waals surface area contributed by atoms with Crippen molar-refractivity contribution in [2.45, 2.75) is 38.3 Å². The third-order valence-electron chi connectivity index (χ3n) is 8.32. The van der Waals surface area contributed by atoms with Crippen LogP contribution in [0.15, 0.2) is 67.3 Å². The van der Waals surface area contributed by atoms with Gasteiger partial charge in [-0.25, -0.2) is 14.8 Å². The summed E-state index contributed by atoms with van der Waals surface area (Å²) in [5.74, 6) is 1.08. The number of benzene rings is 2. The second-order valence-electron chi connectivity index (χ2n) is 11.1. The van der Waals surface area contributed by atoms with E-state index in [2.05, 4.69) is 39.2 Å². The molecule has 2 aromatic heterocycles. The Kier molecular flexibility index (Phi) is 8.40. The number of morpholine rings is 1. The summed E-state index contributed by atoms with van der Waals surface area (Å²) in [5, 5.41) is 8.88. The number of nitrogens with two attached hydrogens (primary N) is 1. The van der Waals surface area contributed by atoms with Crippen molar-refractivity contribution in [1.29, 1.82) is 5.41 Å². The summed E-state index contributed by atoms with van der Waals surface area (Å²) >= 11 is 6.43. The molecule has 1 aliphatic carbocycles. The number of carbonyl (C=O) groups excluding carboxylic acids is 1. The Hall–Kier alpha value is -4.28.